The van der Waals surface area contributed by atoms with Gasteiger partial charge < -0.3 is 14.6 Å². The van der Waals surface area contributed by atoms with Gasteiger partial charge >= 0.3 is 0 Å². The highest BCUT2D eigenvalue weighted by Crippen LogP contribution is 2.45. The highest BCUT2D eigenvalue weighted by molar-refractivity contribution is 7.99. The monoisotopic (exact) mass is 423 g/mol. The Morgan fingerprint density at radius 3 is 2.63 bits per heavy atom. The fourth-order valence-electron chi connectivity index (χ4n) is 3.19. The lowest BCUT2D eigenvalue weighted by Gasteiger charge is -2.22. The van der Waals surface area contributed by atoms with Crippen molar-refractivity contribution in [2.75, 3.05) is 16.8 Å². The maximum Gasteiger partial charge on any atom is 0.269 e. The Hall–Kier alpha value is -3.59. The van der Waals surface area contributed by atoms with Gasteiger partial charge in [-0.05, 0) is 36.4 Å². The van der Waals surface area contributed by atoms with E-state index in [2.05, 4.69) is 5.32 Å². The van der Waals surface area contributed by atoms with Crippen molar-refractivity contribution >= 4 is 40.6 Å². The van der Waals surface area contributed by atoms with Gasteiger partial charge in [-0.25, -0.2) is 0 Å². The molecule has 1 aromatic heterocycles. The van der Waals surface area contributed by atoms with E-state index in [9.17, 15) is 19.7 Å². The number of para-hydroxylation sites is 1. The second-order valence-electron chi connectivity index (χ2n) is 6.63. The lowest BCUT2D eigenvalue weighted by Crippen LogP contribution is -2.38. The molecule has 0 aliphatic carbocycles. The van der Waals surface area contributed by atoms with Crippen LogP contribution in [0.15, 0.2) is 76.2 Å². The number of furan rings is 1. The van der Waals surface area contributed by atoms with Crippen molar-refractivity contribution in [1.82, 2.24) is 0 Å². The largest absolute Gasteiger partial charge is 0.468 e. The van der Waals surface area contributed by atoms with E-state index in [-0.39, 0.29) is 29.8 Å². The second kappa shape index (κ2) is 8.42. The fraction of sp³-hybridized carbons (Fsp3) is 0.143. The molecule has 4 rings (SSSR count). The van der Waals surface area contributed by atoms with E-state index >= 15 is 0 Å². The molecule has 0 bridgehead atoms. The number of carbonyl (C=O) groups is 2. The van der Waals surface area contributed by atoms with E-state index in [4.69, 9.17) is 4.42 Å². The summed E-state index contributed by atoms with van der Waals surface area (Å²) in [6.07, 6.45) is 1.77. The number of amides is 2. The van der Waals surface area contributed by atoms with Crippen LogP contribution in [0.5, 0.6) is 0 Å². The molecule has 0 spiro atoms. The van der Waals surface area contributed by atoms with Gasteiger partial charge in [-0.15, -0.1) is 11.8 Å². The van der Waals surface area contributed by atoms with Crippen LogP contribution in [0.3, 0.4) is 0 Å². The normalized spacial score (nSPS) is 15.9. The third kappa shape index (κ3) is 4.20. The Kier molecular flexibility index (Phi) is 5.53. The molecule has 2 amide bonds. The van der Waals surface area contributed by atoms with E-state index in [0.717, 1.165) is 4.90 Å². The minimum atomic E-state index is -0.508. The zero-order chi connectivity index (χ0) is 21.1. The fourth-order valence-corrected chi connectivity index (χ4v) is 4.43. The average Bonchev–Trinajstić information content (AvgIpc) is 3.23. The quantitative estimate of drug-likeness (QED) is 0.482. The Morgan fingerprint density at radius 2 is 1.93 bits per heavy atom. The van der Waals surface area contributed by atoms with Crippen LogP contribution >= 0.6 is 11.8 Å². The predicted octanol–water partition coefficient (Wildman–Crippen LogP) is 4.40. The van der Waals surface area contributed by atoms with E-state index in [1.807, 2.05) is 30.3 Å². The summed E-state index contributed by atoms with van der Waals surface area (Å²) in [6, 6.07) is 16.6. The van der Waals surface area contributed by atoms with Crippen molar-refractivity contribution in [2.24, 2.45) is 0 Å². The standard InChI is InChI=1S/C21H17N3O5S/c25-20(22-14-7-9-15(10-8-14)24(27)28)13-23-16-4-1-2-6-18(16)30-19(12-21(23)26)17-5-3-11-29-17/h1-11,19H,12-13H2,(H,22,25)/t19-/m1/s1. The maximum atomic E-state index is 13.0. The van der Waals surface area contributed by atoms with E-state index in [1.54, 1.807) is 12.3 Å². The number of nitro groups is 1. The first-order valence-electron chi connectivity index (χ1n) is 9.15. The molecule has 1 N–H and O–H groups in total. The molecule has 1 atom stereocenters. The number of anilines is 2. The topological polar surface area (TPSA) is 106 Å². The van der Waals surface area contributed by atoms with Gasteiger partial charge in [0.25, 0.3) is 5.69 Å². The first-order valence-corrected chi connectivity index (χ1v) is 10.0. The highest BCUT2D eigenvalue weighted by Gasteiger charge is 2.31. The van der Waals surface area contributed by atoms with Crippen molar-refractivity contribution in [3.05, 3.63) is 82.8 Å². The SMILES string of the molecule is O=C(CN1C(=O)C[C@H](c2ccco2)Sc2ccccc21)Nc1ccc([N+](=O)[O-])cc1. The number of fused-ring (bicyclic) bond motifs is 1. The Morgan fingerprint density at radius 1 is 1.17 bits per heavy atom. The van der Waals surface area contributed by atoms with E-state index in [0.29, 0.717) is 17.1 Å². The summed E-state index contributed by atoms with van der Waals surface area (Å²) in [4.78, 5) is 38.2. The predicted molar refractivity (Wildman–Crippen MR) is 112 cm³/mol. The summed E-state index contributed by atoms with van der Waals surface area (Å²) >= 11 is 1.53. The average molecular weight is 423 g/mol. The number of nitrogens with zero attached hydrogens (tertiary/aromatic N) is 2. The molecule has 1 aliphatic rings. The van der Waals surface area contributed by atoms with E-state index < -0.39 is 10.8 Å². The number of hydrogen-bond acceptors (Lipinski definition) is 6. The molecule has 0 fully saturated rings. The van der Waals surface area contributed by atoms with Crippen LogP contribution in [0.1, 0.15) is 17.4 Å². The van der Waals surface area contributed by atoms with Gasteiger partial charge in [0.05, 0.1) is 22.1 Å². The summed E-state index contributed by atoms with van der Waals surface area (Å²) in [6.45, 7) is -0.168. The lowest BCUT2D eigenvalue weighted by atomic mass is 10.2. The summed E-state index contributed by atoms with van der Waals surface area (Å²) in [5.74, 6) is 0.126. The van der Waals surface area contributed by atoms with Crippen molar-refractivity contribution < 1.29 is 18.9 Å². The lowest BCUT2D eigenvalue weighted by molar-refractivity contribution is -0.384. The minimum Gasteiger partial charge on any atom is -0.468 e. The molecule has 0 saturated carbocycles. The molecule has 9 heteroatoms. The van der Waals surface area contributed by atoms with Gasteiger partial charge in [-0.2, -0.15) is 0 Å². The van der Waals surface area contributed by atoms with Gasteiger partial charge in [0.2, 0.25) is 11.8 Å². The highest BCUT2D eigenvalue weighted by atomic mass is 32.2. The Labute approximate surface area is 176 Å². The van der Waals surface area contributed by atoms with Gasteiger partial charge in [0.15, 0.2) is 0 Å². The van der Waals surface area contributed by atoms with Crippen molar-refractivity contribution in [3.8, 4) is 0 Å². The Bertz CT molecular complexity index is 1080. The number of nitro benzene ring substituents is 1. The van der Waals surface area contributed by atoms with Crippen molar-refractivity contribution in [3.63, 3.8) is 0 Å². The summed E-state index contributed by atoms with van der Waals surface area (Å²) in [7, 11) is 0. The molecule has 0 saturated heterocycles. The number of benzene rings is 2. The van der Waals surface area contributed by atoms with Gasteiger partial charge in [-0.1, -0.05) is 12.1 Å². The first-order chi connectivity index (χ1) is 14.5. The van der Waals surface area contributed by atoms with Gasteiger partial charge in [0.1, 0.15) is 12.3 Å². The maximum absolute atomic E-state index is 13.0. The number of hydrogen-bond donors (Lipinski definition) is 1. The number of carbonyl (C=O) groups excluding carboxylic acids is 2. The Balaban J connectivity index is 1.53. The van der Waals surface area contributed by atoms with Crippen LogP contribution in [0, 0.1) is 10.1 Å². The molecule has 1 aliphatic heterocycles. The van der Waals surface area contributed by atoms with Crippen LogP contribution in [-0.4, -0.2) is 23.3 Å². The third-order valence-electron chi connectivity index (χ3n) is 4.61. The summed E-state index contributed by atoms with van der Waals surface area (Å²) in [5, 5.41) is 13.3. The van der Waals surface area contributed by atoms with Crippen molar-refractivity contribution in [1.29, 1.82) is 0 Å². The molecule has 30 heavy (non-hydrogen) atoms. The number of rotatable bonds is 5. The van der Waals surface area contributed by atoms with Crippen molar-refractivity contribution in [2.45, 2.75) is 16.6 Å². The summed E-state index contributed by atoms with van der Waals surface area (Å²) in [5.41, 5.74) is 1.02. The molecule has 8 nitrogen and oxygen atoms in total. The number of nitrogens with one attached hydrogen (secondary N) is 1. The van der Waals surface area contributed by atoms with Crippen LogP contribution < -0.4 is 10.2 Å². The van der Waals surface area contributed by atoms with Crippen LogP contribution in [0.25, 0.3) is 0 Å². The molecule has 2 aromatic carbocycles. The van der Waals surface area contributed by atoms with E-state index in [1.165, 1.54) is 40.9 Å². The molecular weight excluding hydrogens is 406 g/mol. The minimum absolute atomic E-state index is 0.0642. The molecule has 2 heterocycles. The molecule has 3 aromatic rings. The van der Waals surface area contributed by atoms with Gasteiger partial charge in [0, 0.05) is 29.1 Å². The number of thioether (sulfide) groups is 1. The number of non-ortho nitro benzene ring substituents is 1. The molecule has 152 valence electrons. The zero-order valence-corrected chi connectivity index (χ0v) is 16.5. The third-order valence-corrected chi connectivity index (χ3v) is 5.89. The second-order valence-corrected chi connectivity index (χ2v) is 7.87. The smallest absolute Gasteiger partial charge is 0.269 e. The van der Waals surface area contributed by atoms with Gasteiger partial charge in [-0.3, -0.25) is 19.7 Å². The first kappa shape index (κ1) is 19.7. The van der Waals surface area contributed by atoms with Crippen LogP contribution in [-0.2, 0) is 9.59 Å². The molecule has 0 radical (unpaired) electrons. The van der Waals surface area contributed by atoms with Crippen LogP contribution in [0.4, 0.5) is 17.1 Å². The molecular formula is C21H17N3O5S. The summed E-state index contributed by atoms with van der Waals surface area (Å²) < 4.78 is 5.49. The zero-order valence-electron chi connectivity index (χ0n) is 15.7. The van der Waals surface area contributed by atoms with Crippen LogP contribution in [0.2, 0.25) is 0 Å². The molecule has 0 unspecified atom stereocenters.